The summed E-state index contributed by atoms with van der Waals surface area (Å²) >= 11 is 0. The molecule has 0 rings (SSSR count). The second kappa shape index (κ2) is 2.69. The van der Waals surface area contributed by atoms with Crippen LogP contribution in [0.4, 0.5) is 4.39 Å². The lowest BCUT2D eigenvalue weighted by Gasteiger charge is -1.92. The highest BCUT2D eigenvalue weighted by Crippen LogP contribution is 1.85. The molecule has 7 heavy (non-hydrogen) atoms. The molecule has 0 radical (unpaired) electrons. The number of Topliss-reactive ketones (excluding diaryl/α,β-unsaturated/α-hetero) is 1. The summed E-state index contributed by atoms with van der Waals surface area (Å²) in [6.07, 6.45) is -1.40. The molecule has 0 aromatic heterocycles. The smallest absolute Gasteiger partial charge is 0.180 e. The fourth-order valence-electron chi connectivity index (χ4n) is 0.162. The van der Waals surface area contributed by atoms with Crippen LogP contribution in [0.3, 0.4) is 0 Å². The Kier molecular flexibility index (Phi) is 2.52. The minimum atomic E-state index is -1.40. The molecule has 0 aromatic carbocycles. The van der Waals surface area contributed by atoms with E-state index in [1.807, 2.05) is 0 Å². The monoisotopic (exact) mass is 105 g/mol. The molecule has 0 spiro atoms. The number of carbonyl (C=O) groups is 1. The van der Waals surface area contributed by atoms with Crippen molar-refractivity contribution in [3.63, 3.8) is 0 Å². The van der Waals surface area contributed by atoms with Gasteiger partial charge in [0.15, 0.2) is 12.0 Å². The van der Waals surface area contributed by atoms with Gasteiger partial charge in [-0.05, 0) is 6.92 Å². The first-order valence-electron chi connectivity index (χ1n) is 2.05. The Bertz CT molecular complexity index is 72.1. The van der Waals surface area contributed by atoms with Gasteiger partial charge in [-0.3, -0.25) is 4.79 Å². The Morgan fingerprint density at radius 3 is 2.43 bits per heavy atom. The lowest BCUT2D eigenvalue weighted by atomic mass is 10.3. The van der Waals surface area contributed by atoms with Gasteiger partial charge in [0.05, 0.1) is 6.54 Å². The number of rotatable bonds is 2. The lowest BCUT2D eigenvalue weighted by Crippen LogP contribution is -2.21. The lowest BCUT2D eigenvalue weighted by molar-refractivity contribution is -0.121. The molecule has 2 nitrogen and oxygen atoms in total. The van der Waals surface area contributed by atoms with Gasteiger partial charge in [0.1, 0.15) is 0 Å². The van der Waals surface area contributed by atoms with E-state index in [9.17, 15) is 9.18 Å². The van der Waals surface area contributed by atoms with Gasteiger partial charge in [-0.15, -0.1) is 0 Å². The maximum absolute atomic E-state index is 11.7. The van der Waals surface area contributed by atoms with Crippen LogP contribution in [0.25, 0.3) is 0 Å². The van der Waals surface area contributed by atoms with Crippen molar-refractivity contribution in [1.82, 2.24) is 0 Å². The van der Waals surface area contributed by atoms with Gasteiger partial charge in [-0.25, -0.2) is 4.39 Å². The largest absolute Gasteiger partial charge is 0.324 e. The third kappa shape index (κ3) is 2.28. The molecule has 1 atom stereocenters. The first kappa shape index (κ1) is 6.56. The molecule has 42 valence electrons. The van der Waals surface area contributed by atoms with Gasteiger partial charge in [-0.2, -0.15) is 0 Å². The number of nitrogens with two attached hydrogens (primary N) is 1. The van der Waals surface area contributed by atoms with Crippen molar-refractivity contribution in [2.45, 2.75) is 13.1 Å². The van der Waals surface area contributed by atoms with Crippen LogP contribution >= 0.6 is 0 Å². The summed E-state index contributed by atoms with van der Waals surface area (Å²) in [6, 6.07) is 0. The third-order valence-corrected chi connectivity index (χ3v) is 0.645. The fraction of sp³-hybridized carbons (Fsp3) is 0.750. The van der Waals surface area contributed by atoms with Crippen LogP contribution in [0.2, 0.25) is 0 Å². The van der Waals surface area contributed by atoms with Gasteiger partial charge in [0.25, 0.3) is 0 Å². The van der Waals surface area contributed by atoms with E-state index in [0.29, 0.717) is 0 Å². The highest BCUT2D eigenvalue weighted by Gasteiger charge is 2.05. The van der Waals surface area contributed by atoms with Crippen LogP contribution in [-0.2, 0) is 4.79 Å². The predicted octanol–water partition coefficient (Wildman–Crippen LogP) is -0.128. The normalized spacial score (nSPS) is 13.6. The Labute approximate surface area is 41.5 Å². The Morgan fingerprint density at radius 1 is 2.00 bits per heavy atom. The molecule has 0 amide bonds. The molecule has 0 saturated heterocycles. The zero-order chi connectivity index (χ0) is 5.86. The molecule has 0 aliphatic carbocycles. The Balaban J connectivity index is 3.35. The van der Waals surface area contributed by atoms with Crippen molar-refractivity contribution in [2.75, 3.05) is 6.54 Å². The van der Waals surface area contributed by atoms with Gasteiger partial charge < -0.3 is 5.73 Å². The van der Waals surface area contributed by atoms with Crippen molar-refractivity contribution in [2.24, 2.45) is 5.73 Å². The van der Waals surface area contributed by atoms with Crippen LogP contribution in [0, 0.1) is 0 Å². The van der Waals surface area contributed by atoms with Crippen molar-refractivity contribution < 1.29 is 9.18 Å². The van der Waals surface area contributed by atoms with Crippen LogP contribution in [0.5, 0.6) is 0 Å². The van der Waals surface area contributed by atoms with E-state index < -0.39 is 12.0 Å². The van der Waals surface area contributed by atoms with E-state index in [0.717, 1.165) is 0 Å². The fourth-order valence-corrected chi connectivity index (χ4v) is 0.162. The number of hydrogen-bond acceptors (Lipinski definition) is 2. The average Bonchev–Trinajstić information content (AvgIpc) is 1.65. The first-order valence-corrected chi connectivity index (χ1v) is 2.05. The quantitative estimate of drug-likeness (QED) is 0.531. The Morgan fingerprint density at radius 2 is 2.43 bits per heavy atom. The molecule has 3 heteroatoms. The van der Waals surface area contributed by atoms with E-state index >= 15 is 0 Å². The second-order valence-electron chi connectivity index (χ2n) is 1.29. The van der Waals surface area contributed by atoms with Crippen molar-refractivity contribution in [3.8, 4) is 0 Å². The van der Waals surface area contributed by atoms with Crippen LogP contribution < -0.4 is 5.73 Å². The molecular formula is C4H8FNO. The standard InChI is InChI=1S/C4H8FNO/c1-3(5)4(7)2-6/h3H,2,6H2,1H3. The van der Waals surface area contributed by atoms with Gasteiger partial charge in [0.2, 0.25) is 0 Å². The average molecular weight is 105 g/mol. The number of hydrogen-bond donors (Lipinski definition) is 1. The van der Waals surface area contributed by atoms with Gasteiger partial charge >= 0.3 is 0 Å². The molecular weight excluding hydrogens is 97.0 g/mol. The van der Waals surface area contributed by atoms with Crippen molar-refractivity contribution in [3.05, 3.63) is 0 Å². The molecule has 1 unspecified atom stereocenters. The molecule has 0 aromatic rings. The van der Waals surface area contributed by atoms with Crippen LogP contribution in [-0.4, -0.2) is 18.5 Å². The summed E-state index contributed by atoms with van der Waals surface area (Å²) in [5.74, 6) is -0.542. The summed E-state index contributed by atoms with van der Waals surface area (Å²) in [4.78, 5) is 10.0. The van der Waals surface area contributed by atoms with E-state index in [4.69, 9.17) is 5.73 Å². The summed E-state index contributed by atoms with van der Waals surface area (Å²) < 4.78 is 11.7. The van der Waals surface area contributed by atoms with E-state index in [1.54, 1.807) is 0 Å². The zero-order valence-corrected chi connectivity index (χ0v) is 4.15. The molecule has 0 heterocycles. The second-order valence-corrected chi connectivity index (χ2v) is 1.29. The minimum Gasteiger partial charge on any atom is -0.324 e. The predicted molar refractivity (Wildman–Crippen MR) is 24.6 cm³/mol. The maximum Gasteiger partial charge on any atom is 0.180 e. The summed E-state index contributed by atoms with van der Waals surface area (Å²) in [5, 5.41) is 0. The van der Waals surface area contributed by atoms with E-state index in [2.05, 4.69) is 0 Å². The SMILES string of the molecule is CC(F)C(=O)CN. The Hall–Kier alpha value is -0.440. The summed E-state index contributed by atoms with van der Waals surface area (Å²) in [5.41, 5.74) is 4.78. The van der Waals surface area contributed by atoms with E-state index in [1.165, 1.54) is 6.92 Å². The highest BCUT2D eigenvalue weighted by molar-refractivity contribution is 5.84. The van der Waals surface area contributed by atoms with Gasteiger partial charge in [0, 0.05) is 0 Å². The maximum atomic E-state index is 11.7. The number of ketones is 1. The zero-order valence-electron chi connectivity index (χ0n) is 4.15. The van der Waals surface area contributed by atoms with Crippen molar-refractivity contribution in [1.29, 1.82) is 0 Å². The van der Waals surface area contributed by atoms with Crippen molar-refractivity contribution >= 4 is 5.78 Å². The molecule has 2 N–H and O–H groups in total. The third-order valence-electron chi connectivity index (χ3n) is 0.645. The van der Waals surface area contributed by atoms with Gasteiger partial charge in [-0.1, -0.05) is 0 Å². The molecule has 0 aliphatic rings. The number of carbonyl (C=O) groups excluding carboxylic acids is 1. The minimum absolute atomic E-state index is 0.197. The molecule has 0 saturated carbocycles. The first-order chi connectivity index (χ1) is 3.18. The summed E-state index contributed by atoms with van der Waals surface area (Å²) in [6.45, 7) is 0.979. The topological polar surface area (TPSA) is 43.1 Å². The van der Waals surface area contributed by atoms with Crippen LogP contribution in [0.15, 0.2) is 0 Å². The summed E-state index contributed by atoms with van der Waals surface area (Å²) in [7, 11) is 0. The number of halogens is 1. The van der Waals surface area contributed by atoms with Crippen LogP contribution in [0.1, 0.15) is 6.92 Å². The number of alkyl halides is 1. The highest BCUT2D eigenvalue weighted by atomic mass is 19.1. The molecule has 0 aliphatic heterocycles. The van der Waals surface area contributed by atoms with E-state index in [-0.39, 0.29) is 6.54 Å². The molecule has 0 fully saturated rings. The molecule has 0 bridgehead atoms.